The molecule has 0 unspecified atom stereocenters. The summed E-state index contributed by atoms with van der Waals surface area (Å²) in [6.45, 7) is 4.62. The molecule has 18 heavy (non-hydrogen) atoms. The number of nitrogens with zero attached hydrogens (tertiary/aromatic N) is 2. The van der Waals surface area contributed by atoms with Gasteiger partial charge in [-0.3, -0.25) is 0 Å². The molecule has 0 aliphatic rings. The van der Waals surface area contributed by atoms with Crippen molar-refractivity contribution in [1.82, 2.24) is 9.97 Å². The molecule has 1 aromatic carbocycles. The molecule has 0 saturated heterocycles. The van der Waals surface area contributed by atoms with Gasteiger partial charge in [-0.25, -0.2) is 9.97 Å². The highest BCUT2D eigenvalue weighted by molar-refractivity contribution is 5.59. The molecule has 94 valence electrons. The number of ether oxygens (including phenoxy) is 1. The molecule has 1 heterocycles. The van der Waals surface area contributed by atoms with Gasteiger partial charge in [-0.05, 0) is 38.1 Å². The van der Waals surface area contributed by atoms with Crippen LogP contribution in [0.1, 0.15) is 12.5 Å². The van der Waals surface area contributed by atoms with Gasteiger partial charge in [-0.15, -0.1) is 0 Å². The van der Waals surface area contributed by atoms with Crippen LogP contribution in [0.5, 0.6) is 5.75 Å². The fraction of sp³-hybridized carbons (Fsp3) is 0.286. The van der Waals surface area contributed by atoms with Crippen molar-refractivity contribution in [2.75, 3.05) is 19.0 Å². The second-order valence-corrected chi connectivity index (χ2v) is 3.93. The van der Waals surface area contributed by atoms with Crippen LogP contribution in [-0.2, 0) is 0 Å². The van der Waals surface area contributed by atoms with E-state index in [-0.39, 0.29) is 0 Å². The topological polar surface area (TPSA) is 47.0 Å². The first-order valence-corrected chi connectivity index (χ1v) is 5.99. The van der Waals surface area contributed by atoms with E-state index in [1.807, 2.05) is 51.4 Å². The summed E-state index contributed by atoms with van der Waals surface area (Å²) in [4.78, 5) is 8.81. The first kappa shape index (κ1) is 12.4. The summed E-state index contributed by atoms with van der Waals surface area (Å²) < 4.78 is 5.41. The second kappa shape index (κ2) is 5.49. The van der Waals surface area contributed by atoms with E-state index in [4.69, 9.17) is 4.74 Å². The van der Waals surface area contributed by atoms with E-state index in [1.54, 1.807) is 0 Å². The molecule has 1 N–H and O–H groups in total. The van der Waals surface area contributed by atoms with E-state index in [1.165, 1.54) is 0 Å². The maximum Gasteiger partial charge on any atom is 0.161 e. The Hall–Kier alpha value is -2.10. The Morgan fingerprint density at radius 1 is 1.22 bits per heavy atom. The lowest BCUT2D eigenvalue weighted by Gasteiger charge is -2.07. The van der Waals surface area contributed by atoms with Gasteiger partial charge in [0.05, 0.1) is 6.61 Å². The van der Waals surface area contributed by atoms with Gasteiger partial charge in [-0.1, -0.05) is 0 Å². The lowest BCUT2D eigenvalue weighted by atomic mass is 10.2. The predicted molar refractivity (Wildman–Crippen MR) is 72.9 cm³/mol. The Morgan fingerprint density at radius 2 is 1.94 bits per heavy atom. The van der Waals surface area contributed by atoms with Gasteiger partial charge in [0.2, 0.25) is 0 Å². The molecule has 0 atom stereocenters. The highest BCUT2D eigenvalue weighted by atomic mass is 16.5. The van der Waals surface area contributed by atoms with Crippen molar-refractivity contribution in [3.63, 3.8) is 0 Å². The summed E-state index contributed by atoms with van der Waals surface area (Å²) in [5, 5.41) is 3.06. The monoisotopic (exact) mass is 243 g/mol. The van der Waals surface area contributed by atoms with Gasteiger partial charge in [0, 0.05) is 24.4 Å². The van der Waals surface area contributed by atoms with Crippen molar-refractivity contribution in [2.24, 2.45) is 0 Å². The summed E-state index contributed by atoms with van der Waals surface area (Å²) in [5.74, 6) is 2.43. The van der Waals surface area contributed by atoms with E-state index in [0.29, 0.717) is 12.4 Å². The number of anilines is 1. The predicted octanol–water partition coefficient (Wildman–Crippen LogP) is 2.89. The molecule has 4 nitrogen and oxygen atoms in total. The van der Waals surface area contributed by atoms with Gasteiger partial charge in [0.25, 0.3) is 0 Å². The SMILES string of the molecule is CCOc1ccc(-c2ncc(C)c(NC)n2)cc1. The zero-order valence-electron chi connectivity index (χ0n) is 10.9. The first-order valence-electron chi connectivity index (χ1n) is 5.99. The average molecular weight is 243 g/mol. The third-order valence-electron chi connectivity index (χ3n) is 2.63. The number of benzene rings is 1. The molecule has 0 amide bonds. The van der Waals surface area contributed by atoms with E-state index in [2.05, 4.69) is 15.3 Å². The number of rotatable bonds is 4. The van der Waals surface area contributed by atoms with Crippen molar-refractivity contribution in [3.05, 3.63) is 36.0 Å². The van der Waals surface area contributed by atoms with Crippen LogP contribution in [0, 0.1) is 6.92 Å². The Bertz CT molecular complexity index is 523. The van der Waals surface area contributed by atoms with Gasteiger partial charge in [0.15, 0.2) is 5.82 Å². The average Bonchev–Trinajstić information content (AvgIpc) is 2.41. The highest BCUT2D eigenvalue weighted by Gasteiger charge is 2.05. The molecule has 0 aliphatic carbocycles. The Balaban J connectivity index is 2.30. The molecule has 0 aliphatic heterocycles. The van der Waals surface area contributed by atoms with Gasteiger partial charge < -0.3 is 10.1 Å². The summed E-state index contributed by atoms with van der Waals surface area (Å²) >= 11 is 0. The third-order valence-corrected chi connectivity index (χ3v) is 2.63. The van der Waals surface area contributed by atoms with Crippen molar-refractivity contribution in [2.45, 2.75) is 13.8 Å². The van der Waals surface area contributed by atoms with Crippen molar-refractivity contribution >= 4 is 5.82 Å². The fourth-order valence-corrected chi connectivity index (χ4v) is 1.70. The van der Waals surface area contributed by atoms with E-state index >= 15 is 0 Å². The summed E-state index contributed by atoms with van der Waals surface area (Å²) in [6.07, 6.45) is 1.82. The minimum atomic E-state index is 0.671. The van der Waals surface area contributed by atoms with Crippen LogP contribution >= 0.6 is 0 Å². The van der Waals surface area contributed by atoms with Crippen LogP contribution in [0.2, 0.25) is 0 Å². The first-order chi connectivity index (χ1) is 8.74. The zero-order chi connectivity index (χ0) is 13.0. The highest BCUT2D eigenvalue weighted by Crippen LogP contribution is 2.21. The largest absolute Gasteiger partial charge is 0.494 e. The number of nitrogens with one attached hydrogen (secondary N) is 1. The Labute approximate surface area is 107 Å². The van der Waals surface area contributed by atoms with Crippen molar-refractivity contribution < 1.29 is 4.74 Å². The normalized spacial score (nSPS) is 10.2. The Morgan fingerprint density at radius 3 is 2.56 bits per heavy atom. The minimum Gasteiger partial charge on any atom is -0.494 e. The van der Waals surface area contributed by atoms with Crippen LogP contribution < -0.4 is 10.1 Å². The standard InChI is InChI=1S/C14H17N3O/c1-4-18-12-7-5-11(6-8-12)14-16-9-10(2)13(15-3)17-14/h5-9H,4H2,1-3H3,(H,15,16,17). The van der Waals surface area contributed by atoms with Crippen molar-refractivity contribution in [3.8, 4) is 17.1 Å². The quantitative estimate of drug-likeness (QED) is 0.897. The number of hydrogen-bond acceptors (Lipinski definition) is 4. The van der Waals surface area contributed by atoms with E-state index in [0.717, 1.165) is 22.7 Å². The number of hydrogen-bond donors (Lipinski definition) is 1. The van der Waals surface area contributed by atoms with Gasteiger partial charge >= 0.3 is 0 Å². The molecule has 1 aromatic heterocycles. The molecule has 4 heteroatoms. The fourth-order valence-electron chi connectivity index (χ4n) is 1.70. The Kier molecular flexibility index (Phi) is 3.77. The lowest BCUT2D eigenvalue weighted by Crippen LogP contribution is -1.99. The summed E-state index contributed by atoms with van der Waals surface area (Å²) in [6, 6.07) is 7.80. The lowest BCUT2D eigenvalue weighted by molar-refractivity contribution is 0.340. The molecule has 0 bridgehead atoms. The van der Waals surface area contributed by atoms with Crippen LogP contribution in [0.4, 0.5) is 5.82 Å². The van der Waals surface area contributed by atoms with Crippen molar-refractivity contribution in [1.29, 1.82) is 0 Å². The summed E-state index contributed by atoms with van der Waals surface area (Å²) in [7, 11) is 1.86. The maximum atomic E-state index is 5.41. The van der Waals surface area contributed by atoms with E-state index in [9.17, 15) is 0 Å². The third kappa shape index (κ3) is 2.59. The summed E-state index contributed by atoms with van der Waals surface area (Å²) in [5.41, 5.74) is 2.02. The molecule has 0 fully saturated rings. The maximum absolute atomic E-state index is 5.41. The smallest absolute Gasteiger partial charge is 0.161 e. The second-order valence-electron chi connectivity index (χ2n) is 3.93. The molecule has 0 radical (unpaired) electrons. The molecule has 0 saturated carbocycles. The van der Waals surface area contributed by atoms with E-state index < -0.39 is 0 Å². The number of aromatic nitrogens is 2. The van der Waals surface area contributed by atoms with Crippen LogP contribution in [0.3, 0.4) is 0 Å². The molecule has 0 spiro atoms. The van der Waals surface area contributed by atoms with Crippen LogP contribution in [0.15, 0.2) is 30.5 Å². The molecule has 2 aromatic rings. The number of aryl methyl sites for hydroxylation is 1. The minimum absolute atomic E-state index is 0.671. The molecular weight excluding hydrogens is 226 g/mol. The van der Waals surface area contributed by atoms with Gasteiger partial charge in [0.1, 0.15) is 11.6 Å². The van der Waals surface area contributed by atoms with Crippen LogP contribution in [0.25, 0.3) is 11.4 Å². The molecular formula is C14H17N3O. The zero-order valence-corrected chi connectivity index (χ0v) is 10.9. The van der Waals surface area contributed by atoms with Gasteiger partial charge in [-0.2, -0.15) is 0 Å². The van der Waals surface area contributed by atoms with Crippen LogP contribution in [-0.4, -0.2) is 23.6 Å². The molecule has 2 rings (SSSR count).